The maximum Gasteiger partial charge on any atom is 0.143 e. The van der Waals surface area contributed by atoms with E-state index < -0.39 is 0 Å². The number of rotatable bonds is 8. The second-order valence-electron chi connectivity index (χ2n) is 16.0. The van der Waals surface area contributed by atoms with Gasteiger partial charge in [0.25, 0.3) is 0 Å². The molecule has 0 spiro atoms. The number of anilines is 3. The van der Waals surface area contributed by atoms with Crippen LogP contribution < -0.4 is 4.90 Å². The number of fused-ring (bicyclic) bond motifs is 6. The largest absolute Gasteiger partial charge is 0.455 e. The molecule has 0 radical (unpaired) electrons. The summed E-state index contributed by atoms with van der Waals surface area (Å²) in [6.07, 6.45) is 0. The molecule has 0 N–H and O–H groups in total. The first-order chi connectivity index (χ1) is 31.3. The summed E-state index contributed by atoms with van der Waals surface area (Å²) in [4.78, 5) is 2.39. The van der Waals surface area contributed by atoms with Gasteiger partial charge in [0.05, 0.1) is 16.7 Å². The van der Waals surface area contributed by atoms with Gasteiger partial charge in [0.15, 0.2) is 0 Å². The van der Waals surface area contributed by atoms with E-state index in [-0.39, 0.29) is 0 Å². The van der Waals surface area contributed by atoms with Crippen molar-refractivity contribution >= 4 is 60.8 Å². The Bertz CT molecular complexity index is 3620. The van der Waals surface area contributed by atoms with Gasteiger partial charge in [-0.2, -0.15) is 0 Å². The third-order valence-corrected chi connectivity index (χ3v) is 12.4. The normalized spacial score (nSPS) is 11.5. The fourth-order valence-corrected chi connectivity index (χ4v) is 9.59. The second-order valence-corrected chi connectivity index (χ2v) is 16.0. The van der Waals surface area contributed by atoms with Crippen molar-refractivity contribution < 1.29 is 4.42 Å². The fourth-order valence-electron chi connectivity index (χ4n) is 9.59. The molecule has 3 heteroatoms. The van der Waals surface area contributed by atoms with Gasteiger partial charge in [0, 0.05) is 49.7 Å². The smallest absolute Gasteiger partial charge is 0.143 e. The molecular formula is C60H40N2O. The number of furan rings is 1. The molecule has 10 aromatic carbocycles. The highest BCUT2D eigenvalue weighted by Crippen LogP contribution is 2.46. The lowest BCUT2D eigenvalue weighted by atomic mass is 9.89. The zero-order valence-corrected chi connectivity index (χ0v) is 34.4. The van der Waals surface area contributed by atoms with Crippen molar-refractivity contribution in [3.05, 3.63) is 243 Å². The van der Waals surface area contributed by atoms with Crippen LogP contribution in [-0.2, 0) is 0 Å². The lowest BCUT2D eigenvalue weighted by molar-refractivity contribution is 0.670. The molecule has 3 nitrogen and oxygen atoms in total. The van der Waals surface area contributed by atoms with Crippen LogP contribution in [0.4, 0.5) is 17.1 Å². The van der Waals surface area contributed by atoms with Crippen LogP contribution in [0.1, 0.15) is 0 Å². The fraction of sp³-hybridized carbons (Fsp3) is 0. The number of para-hydroxylation sites is 5. The van der Waals surface area contributed by atoms with E-state index >= 15 is 0 Å². The van der Waals surface area contributed by atoms with E-state index in [1.54, 1.807) is 0 Å². The summed E-state index contributed by atoms with van der Waals surface area (Å²) < 4.78 is 9.06. The van der Waals surface area contributed by atoms with Crippen LogP contribution in [0.5, 0.6) is 0 Å². The van der Waals surface area contributed by atoms with Gasteiger partial charge in [-0.1, -0.05) is 188 Å². The first kappa shape index (κ1) is 36.5. The Hall–Kier alpha value is -8.40. The van der Waals surface area contributed by atoms with Gasteiger partial charge < -0.3 is 13.9 Å². The van der Waals surface area contributed by atoms with E-state index in [0.717, 1.165) is 72.4 Å². The summed E-state index contributed by atoms with van der Waals surface area (Å²) in [6.45, 7) is 0. The van der Waals surface area contributed by atoms with Gasteiger partial charge in [0.2, 0.25) is 0 Å². The lowest BCUT2D eigenvalue weighted by Gasteiger charge is -2.27. The summed E-state index contributed by atoms with van der Waals surface area (Å²) in [6, 6.07) is 87.1. The molecule has 296 valence electrons. The first-order valence-electron chi connectivity index (χ1n) is 21.5. The van der Waals surface area contributed by atoms with Crippen molar-refractivity contribution in [3.63, 3.8) is 0 Å². The molecule has 0 aliphatic rings. The van der Waals surface area contributed by atoms with Crippen LogP contribution >= 0.6 is 0 Å². The van der Waals surface area contributed by atoms with Gasteiger partial charge in [-0.05, 0) is 88.0 Å². The third-order valence-electron chi connectivity index (χ3n) is 12.4. The number of nitrogens with zero attached hydrogens (tertiary/aromatic N) is 2. The van der Waals surface area contributed by atoms with Crippen LogP contribution in [0.25, 0.3) is 93.9 Å². The summed E-state index contributed by atoms with van der Waals surface area (Å²) in [5.41, 5.74) is 17.6. The van der Waals surface area contributed by atoms with Crippen molar-refractivity contribution in [2.45, 2.75) is 0 Å². The summed E-state index contributed by atoms with van der Waals surface area (Å²) >= 11 is 0. The zero-order valence-electron chi connectivity index (χ0n) is 34.4. The Morgan fingerprint density at radius 1 is 0.302 bits per heavy atom. The quantitative estimate of drug-likeness (QED) is 0.153. The molecular weight excluding hydrogens is 765 g/mol. The summed E-state index contributed by atoms with van der Waals surface area (Å²) in [5.74, 6) is 0. The maximum atomic E-state index is 6.63. The van der Waals surface area contributed by atoms with Crippen molar-refractivity contribution in [1.29, 1.82) is 0 Å². The molecule has 0 unspecified atom stereocenters. The Morgan fingerprint density at radius 2 is 0.841 bits per heavy atom. The van der Waals surface area contributed by atoms with Gasteiger partial charge >= 0.3 is 0 Å². The number of benzene rings is 10. The highest BCUT2D eigenvalue weighted by Gasteiger charge is 2.22. The molecule has 0 bridgehead atoms. The molecule has 2 heterocycles. The Kier molecular flexibility index (Phi) is 8.83. The minimum absolute atomic E-state index is 0.892. The van der Waals surface area contributed by atoms with Crippen molar-refractivity contribution in [2.75, 3.05) is 4.90 Å². The predicted octanol–water partition coefficient (Wildman–Crippen LogP) is 16.8. The van der Waals surface area contributed by atoms with Gasteiger partial charge in [-0.15, -0.1) is 0 Å². The van der Waals surface area contributed by atoms with Crippen molar-refractivity contribution in [3.8, 4) is 50.2 Å². The molecule has 0 fully saturated rings. The minimum Gasteiger partial charge on any atom is -0.455 e. The van der Waals surface area contributed by atoms with Crippen LogP contribution in [0.3, 0.4) is 0 Å². The Balaban J connectivity index is 1.08. The molecule has 12 rings (SSSR count). The Labute approximate surface area is 366 Å². The molecule has 0 saturated carbocycles. The molecule has 0 atom stereocenters. The topological polar surface area (TPSA) is 21.3 Å². The molecule has 0 aliphatic heterocycles. The standard InChI is InChI=1S/C60H40N2O/c1-4-19-41(20-5-1)46-25-10-11-26-47(46)48-37-35-44(39-55(48)42-21-6-2-7-22-42)61(43-23-8-3-9-24-43)45-36-38-51-49-27-12-15-32-56(49)62(58(51)40-45)57-33-16-13-28-50(57)53-30-18-31-54-52-29-14-17-34-59(52)63-60(53)54/h1-40H. The first-order valence-corrected chi connectivity index (χ1v) is 21.5. The molecule has 0 saturated heterocycles. The summed E-state index contributed by atoms with van der Waals surface area (Å²) in [7, 11) is 0. The van der Waals surface area contributed by atoms with E-state index in [0.29, 0.717) is 0 Å². The average molecular weight is 805 g/mol. The zero-order chi connectivity index (χ0) is 41.7. The second kappa shape index (κ2) is 15.3. The van der Waals surface area contributed by atoms with Crippen LogP contribution in [0.15, 0.2) is 247 Å². The van der Waals surface area contributed by atoms with Crippen molar-refractivity contribution in [2.24, 2.45) is 0 Å². The van der Waals surface area contributed by atoms with Crippen LogP contribution in [0, 0.1) is 0 Å². The van der Waals surface area contributed by atoms with Gasteiger partial charge in [-0.25, -0.2) is 0 Å². The highest BCUT2D eigenvalue weighted by atomic mass is 16.3. The number of hydrogen-bond donors (Lipinski definition) is 0. The van der Waals surface area contributed by atoms with E-state index in [1.165, 1.54) is 38.6 Å². The van der Waals surface area contributed by atoms with Crippen molar-refractivity contribution in [1.82, 2.24) is 4.57 Å². The molecule has 12 aromatic rings. The molecule has 0 aliphatic carbocycles. The van der Waals surface area contributed by atoms with Crippen LogP contribution in [0.2, 0.25) is 0 Å². The van der Waals surface area contributed by atoms with E-state index in [2.05, 4.69) is 246 Å². The van der Waals surface area contributed by atoms with E-state index in [9.17, 15) is 0 Å². The monoisotopic (exact) mass is 804 g/mol. The Morgan fingerprint density at radius 3 is 1.63 bits per heavy atom. The highest BCUT2D eigenvalue weighted by molar-refractivity contribution is 6.13. The summed E-state index contributed by atoms with van der Waals surface area (Å²) in [5, 5.41) is 4.63. The van der Waals surface area contributed by atoms with Crippen LogP contribution in [-0.4, -0.2) is 4.57 Å². The maximum absolute atomic E-state index is 6.63. The molecule has 63 heavy (non-hydrogen) atoms. The minimum atomic E-state index is 0.892. The number of aromatic nitrogens is 1. The SMILES string of the molecule is c1ccc(-c2ccccc2-c2ccc(N(c3ccccc3)c3ccc4c5ccccc5n(-c5ccccc5-c5cccc6c5oc5ccccc56)c4c3)cc2-c2ccccc2)cc1. The number of hydrogen-bond acceptors (Lipinski definition) is 2. The predicted molar refractivity (Wildman–Crippen MR) is 264 cm³/mol. The van der Waals surface area contributed by atoms with Gasteiger partial charge in [0.1, 0.15) is 11.2 Å². The average Bonchev–Trinajstić information content (AvgIpc) is 3.91. The van der Waals surface area contributed by atoms with E-state index in [1.807, 2.05) is 6.07 Å². The molecule has 0 amide bonds. The van der Waals surface area contributed by atoms with Gasteiger partial charge in [-0.3, -0.25) is 0 Å². The molecule has 2 aromatic heterocycles. The van der Waals surface area contributed by atoms with E-state index in [4.69, 9.17) is 4.42 Å². The third kappa shape index (κ3) is 6.21. The lowest BCUT2D eigenvalue weighted by Crippen LogP contribution is -2.10.